The molecule has 0 unspecified atom stereocenters. The van der Waals surface area contributed by atoms with E-state index in [2.05, 4.69) is 30.9 Å². The first kappa shape index (κ1) is 15.2. The Morgan fingerprint density at radius 3 is 2.12 bits per heavy atom. The highest BCUT2D eigenvalue weighted by molar-refractivity contribution is 4.95. The van der Waals surface area contributed by atoms with Crippen LogP contribution in [0.15, 0.2) is 37.0 Å². The lowest BCUT2D eigenvalue weighted by Gasteiger charge is -1.97. The number of hydrogen-bond acceptors (Lipinski definition) is 1. The van der Waals surface area contributed by atoms with E-state index in [0.717, 1.165) is 19.4 Å². The first-order valence-electron chi connectivity index (χ1n) is 6.52. The van der Waals surface area contributed by atoms with Gasteiger partial charge in [0.15, 0.2) is 0 Å². The van der Waals surface area contributed by atoms with Crippen LogP contribution in [0.4, 0.5) is 0 Å². The van der Waals surface area contributed by atoms with Crippen molar-refractivity contribution in [3.8, 4) is 0 Å². The second-order valence-electron chi connectivity index (χ2n) is 4.05. The van der Waals surface area contributed by atoms with E-state index in [1.807, 2.05) is 6.08 Å². The van der Waals surface area contributed by atoms with Gasteiger partial charge in [0.1, 0.15) is 0 Å². The number of rotatable bonds is 11. The van der Waals surface area contributed by atoms with Crippen LogP contribution in [0.25, 0.3) is 0 Å². The summed E-state index contributed by atoms with van der Waals surface area (Å²) in [4.78, 5) is 0. The van der Waals surface area contributed by atoms with Gasteiger partial charge in [-0.25, -0.2) is 0 Å². The van der Waals surface area contributed by atoms with Crippen LogP contribution in [-0.2, 0) is 0 Å². The first-order chi connectivity index (χ1) is 7.91. The predicted octanol–water partition coefficient (Wildman–Crippen LogP) is 4.36. The minimum absolute atomic E-state index is 0.844. The molecular formula is C15H27N. The predicted molar refractivity (Wildman–Crippen MR) is 74.5 cm³/mol. The summed E-state index contributed by atoms with van der Waals surface area (Å²) in [6.07, 6.45) is 20.5. The smallest absolute Gasteiger partial charge is 0.00773 e. The number of allylic oxidation sites excluding steroid dienone is 5. The zero-order valence-corrected chi connectivity index (χ0v) is 10.5. The van der Waals surface area contributed by atoms with Gasteiger partial charge in [-0.05, 0) is 38.6 Å². The van der Waals surface area contributed by atoms with Crippen LogP contribution in [-0.4, -0.2) is 6.54 Å². The molecule has 0 amide bonds. The molecule has 0 aromatic rings. The number of nitrogens with two attached hydrogens (primary N) is 1. The molecule has 0 atom stereocenters. The summed E-state index contributed by atoms with van der Waals surface area (Å²) in [5.41, 5.74) is 5.44. The fourth-order valence-electron chi connectivity index (χ4n) is 1.52. The molecule has 92 valence electrons. The quantitative estimate of drug-likeness (QED) is 0.407. The molecule has 0 fully saturated rings. The van der Waals surface area contributed by atoms with Gasteiger partial charge in [0, 0.05) is 0 Å². The summed E-state index contributed by atoms with van der Waals surface area (Å²) in [5, 5.41) is 0. The summed E-state index contributed by atoms with van der Waals surface area (Å²) in [7, 11) is 0. The molecule has 0 spiro atoms. The number of unbranched alkanes of at least 4 members (excludes halogenated alkanes) is 5. The second-order valence-corrected chi connectivity index (χ2v) is 4.05. The Bertz CT molecular complexity index is 192. The lowest BCUT2D eigenvalue weighted by atomic mass is 10.1. The Morgan fingerprint density at radius 2 is 1.38 bits per heavy atom. The van der Waals surface area contributed by atoms with Gasteiger partial charge in [0.05, 0.1) is 0 Å². The molecule has 0 bridgehead atoms. The van der Waals surface area contributed by atoms with Crippen LogP contribution in [0, 0.1) is 0 Å². The monoisotopic (exact) mass is 221 g/mol. The van der Waals surface area contributed by atoms with E-state index in [0.29, 0.717) is 0 Å². The number of hydrogen-bond donors (Lipinski definition) is 1. The van der Waals surface area contributed by atoms with Crippen molar-refractivity contribution < 1.29 is 0 Å². The van der Waals surface area contributed by atoms with Crippen LogP contribution in [0.2, 0.25) is 0 Å². The van der Waals surface area contributed by atoms with Crippen molar-refractivity contribution in [2.24, 2.45) is 5.73 Å². The molecule has 0 aromatic heterocycles. The van der Waals surface area contributed by atoms with Crippen molar-refractivity contribution in [3.05, 3.63) is 37.0 Å². The SMILES string of the molecule is C=CC/C=C\C/C=C\CCCCCCCN. The van der Waals surface area contributed by atoms with Gasteiger partial charge >= 0.3 is 0 Å². The molecular weight excluding hydrogens is 194 g/mol. The molecule has 0 saturated heterocycles. The molecule has 0 aliphatic heterocycles. The molecule has 1 heteroatoms. The van der Waals surface area contributed by atoms with E-state index in [9.17, 15) is 0 Å². The third-order valence-electron chi connectivity index (χ3n) is 2.48. The Balaban J connectivity index is 3.12. The molecule has 0 radical (unpaired) electrons. The zero-order chi connectivity index (χ0) is 11.9. The Kier molecular flexibility index (Phi) is 13.5. The zero-order valence-electron chi connectivity index (χ0n) is 10.5. The van der Waals surface area contributed by atoms with E-state index >= 15 is 0 Å². The lowest BCUT2D eigenvalue weighted by molar-refractivity contribution is 0.622. The maximum Gasteiger partial charge on any atom is -0.00773 e. The van der Waals surface area contributed by atoms with Crippen LogP contribution in [0.3, 0.4) is 0 Å². The highest BCUT2D eigenvalue weighted by Crippen LogP contribution is 2.05. The maximum atomic E-state index is 5.44. The van der Waals surface area contributed by atoms with E-state index in [1.165, 1.54) is 38.5 Å². The Morgan fingerprint density at radius 1 is 0.750 bits per heavy atom. The van der Waals surface area contributed by atoms with Crippen LogP contribution >= 0.6 is 0 Å². The van der Waals surface area contributed by atoms with Crippen molar-refractivity contribution in [1.29, 1.82) is 0 Å². The average molecular weight is 221 g/mol. The summed E-state index contributed by atoms with van der Waals surface area (Å²) in [6.45, 7) is 4.52. The van der Waals surface area contributed by atoms with Crippen molar-refractivity contribution >= 4 is 0 Å². The third-order valence-corrected chi connectivity index (χ3v) is 2.48. The maximum absolute atomic E-state index is 5.44. The highest BCUT2D eigenvalue weighted by Gasteiger charge is 1.87. The van der Waals surface area contributed by atoms with Crippen molar-refractivity contribution in [2.75, 3.05) is 6.54 Å². The van der Waals surface area contributed by atoms with E-state index in [1.54, 1.807) is 0 Å². The van der Waals surface area contributed by atoms with Gasteiger partial charge < -0.3 is 5.73 Å². The van der Waals surface area contributed by atoms with Crippen molar-refractivity contribution in [3.63, 3.8) is 0 Å². The first-order valence-corrected chi connectivity index (χ1v) is 6.52. The summed E-state index contributed by atoms with van der Waals surface area (Å²) >= 11 is 0. The standard InChI is InChI=1S/C15H27N/c1-2-3-4-5-6-7-8-9-10-11-12-13-14-15-16/h2,4-5,7-8H,1,3,6,9-16H2/b5-4-,8-7-. The van der Waals surface area contributed by atoms with Crippen LogP contribution in [0.1, 0.15) is 51.4 Å². The van der Waals surface area contributed by atoms with Gasteiger partial charge in [0.25, 0.3) is 0 Å². The van der Waals surface area contributed by atoms with Gasteiger partial charge in [-0.15, -0.1) is 6.58 Å². The minimum Gasteiger partial charge on any atom is -0.330 e. The van der Waals surface area contributed by atoms with Gasteiger partial charge in [-0.2, -0.15) is 0 Å². The second kappa shape index (κ2) is 14.2. The van der Waals surface area contributed by atoms with Crippen LogP contribution in [0.5, 0.6) is 0 Å². The molecule has 0 aliphatic carbocycles. The molecule has 0 rings (SSSR count). The lowest BCUT2D eigenvalue weighted by Crippen LogP contribution is -1.97. The molecule has 0 aliphatic rings. The summed E-state index contributed by atoms with van der Waals surface area (Å²) in [6, 6.07) is 0. The van der Waals surface area contributed by atoms with E-state index < -0.39 is 0 Å². The Hall–Kier alpha value is -0.820. The molecule has 1 nitrogen and oxygen atoms in total. The van der Waals surface area contributed by atoms with Gasteiger partial charge in [-0.3, -0.25) is 0 Å². The van der Waals surface area contributed by atoms with E-state index in [-0.39, 0.29) is 0 Å². The molecule has 0 heterocycles. The van der Waals surface area contributed by atoms with E-state index in [4.69, 9.17) is 5.73 Å². The largest absolute Gasteiger partial charge is 0.330 e. The van der Waals surface area contributed by atoms with Gasteiger partial charge in [-0.1, -0.05) is 49.6 Å². The van der Waals surface area contributed by atoms with Gasteiger partial charge in [0.2, 0.25) is 0 Å². The molecule has 2 N–H and O–H groups in total. The van der Waals surface area contributed by atoms with Crippen LogP contribution < -0.4 is 5.73 Å². The fourth-order valence-corrected chi connectivity index (χ4v) is 1.52. The minimum atomic E-state index is 0.844. The molecule has 0 saturated carbocycles. The molecule has 16 heavy (non-hydrogen) atoms. The molecule has 0 aromatic carbocycles. The van der Waals surface area contributed by atoms with Crippen molar-refractivity contribution in [2.45, 2.75) is 51.4 Å². The average Bonchev–Trinajstić information content (AvgIpc) is 2.31. The highest BCUT2D eigenvalue weighted by atomic mass is 14.5. The Labute approximate surface area is 101 Å². The summed E-state index contributed by atoms with van der Waals surface area (Å²) in [5.74, 6) is 0. The third kappa shape index (κ3) is 13.2. The fraction of sp³-hybridized carbons (Fsp3) is 0.600. The topological polar surface area (TPSA) is 26.0 Å². The normalized spacial score (nSPS) is 11.6. The summed E-state index contributed by atoms with van der Waals surface area (Å²) < 4.78 is 0. The van der Waals surface area contributed by atoms with Crippen molar-refractivity contribution in [1.82, 2.24) is 0 Å².